The Morgan fingerprint density at radius 1 is 1.53 bits per heavy atom. The highest BCUT2D eigenvalue weighted by Crippen LogP contribution is 2.31. The maximum Gasteiger partial charge on any atom is 0.0992 e. The first kappa shape index (κ1) is 10.1. The minimum Gasteiger partial charge on any atom is -0.355 e. The van der Waals surface area contributed by atoms with Crippen molar-refractivity contribution in [2.45, 2.75) is 26.3 Å². The maximum atomic E-state index is 8.01. The van der Waals surface area contributed by atoms with E-state index in [-0.39, 0.29) is 0 Å². The van der Waals surface area contributed by atoms with E-state index in [1.807, 2.05) is 24.4 Å². The summed E-state index contributed by atoms with van der Waals surface area (Å²) in [5.74, 6) is 1.32. The third kappa shape index (κ3) is 2.55. The largest absolute Gasteiger partial charge is 0.355 e. The van der Waals surface area contributed by atoms with Gasteiger partial charge in [0.05, 0.1) is 18.1 Å². The Morgan fingerprint density at radius 3 is 2.87 bits per heavy atom. The van der Waals surface area contributed by atoms with Crippen LogP contribution >= 0.6 is 0 Å². The average Bonchev–Trinajstić information content (AvgIpc) is 3.10. The molecule has 1 fully saturated rings. The predicted octanol–water partition coefficient (Wildman–Crippen LogP) is 2.29. The molecule has 1 N–H and O–H groups in total. The zero-order chi connectivity index (χ0) is 10.7. The summed E-state index contributed by atoms with van der Waals surface area (Å²) in [6, 6.07) is 5.94. The number of rotatable bonds is 4. The SMILES string of the molecule is CCN(Cc1ccccn1)C(=N)C1CC1. The van der Waals surface area contributed by atoms with E-state index in [0.717, 1.165) is 24.6 Å². The van der Waals surface area contributed by atoms with Crippen molar-refractivity contribution in [3.8, 4) is 0 Å². The molecule has 0 saturated heterocycles. The van der Waals surface area contributed by atoms with Gasteiger partial charge >= 0.3 is 0 Å². The number of aromatic nitrogens is 1. The number of pyridine rings is 1. The quantitative estimate of drug-likeness (QED) is 0.602. The smallest absolute Gasteiger partial charge is 0.0992 e. The van der Waals surface area contributed by atoms with Gasteiger partial charge in [0.2, 0.25) is 0 Å². The molecule has 0 radical (unpaired) electrons. The highest BCUT2D eigenvalue weighted by molar-refractivity contribution is 5.83. The molecule has 0 bridgehead atoms. The van der Waals surface area contributed by atoms with E-state index in [0.29, 0.717) is 5.92 Å². The molecule has 1 aliphatic carbocycles. The summed E-state index contributed by atoms with van der Waals surface area (Å²) >= 11 is 0. The van der Waals surface area contributed by atoms with Crippen molar-refractivity contribution in [1.29, 1.82) is 5.41 Å². The fraction of sp³-hybridized carbons (Fsp3) is 0.500. The lowest BCUT2D eigenvalue weighted by Crippen LogP contribution is -2.31. The van der Waals surface area contributed by atoms with Gasteiger partial charge in [-0.3, -0.25) is 10.4 Å². The molecule has 80 valence electrons. The molecule has 1 aromatic heterocycles. The zero-order valence-corrected chi connectivity index (χ0v) is 9.11. The van der Waals surface area contributed by atoms with Crippen LogP contribution in [-0.4, -0.2) is 22.3 Å². The average molecular weight is 203 g/mol. The summed E-state index contributed by atoms with van der Waals surface area (Å²) in [5.41, 5.74) is 1.05. The summed E-state index contributed by atoms with van der Waals surface area (Å²) in [7, 11) is 0. The van der Waals surface area contributed by atoms with E-state index < -0.39 is 0 Å². The maximum absolute atomic E-state index is 8.01. The second-order valence-corrected chi connectivity index (χ2v) is 3.99. The standard InChI is InChI=1S/C12H17N3/c1-2-15(12(13)10-6-7-10)9-11-5-3-4-8-14-11/h3-5,8,10,13H,2,6-7,9H2,1H3. The Labute approximate surface area is 90.6 Å². The van der Waals surface area contributed by atoms with Crippen LogP contribution in [0.15, 0.2) is 24.4 Å². The first-order valence-electron chi connectivity index (χ1n) is 5.54. The number of nitrogens with one attached hydrogen (secondary N) is 1. The number of amidine groups is 1. The van der Waals surface area contributed by atoms with Crippen LogP contribution in [0.1, 0.15) is 25.5 Å². The minimum atomic E-state index is 0.522. The Hall–Kier alpha value is -1.38. The molecule has 0 atom stereocenters. The molecule has 2 rings (SSSR count). The Bertz CT molecular complexity index is 330. The van der Waals surface area contributed by atoms with Crippen molar-refractivity contribution >= 4 is 5.84 Å². The van der Waals surface area contributed by atoms with Crippen LogP contribution in [0.4, 0.5) is 0 Å². The summed E-state index contributed by atoms with van der Waals surface area (Å²) in [4.78, 5) is 6.40. The number of hydrogen-bond donors (Lipinski definition) is 1. The lowest BCUT2D eigenvalue weighted by Gasteiger charge is -2.23. The van der Waals surface area contributed by atoms with Crippen LogP contribution in [0.5, 0.6) is 0 Å². The molecule has 3 heteroatoms. The van der Waals surface area contributed by atoms with Gasteiger partial charge in [0, 0.05) is 18.7 Å². The number of hydrogen-bond acceptors (Lipinski definition) is 2. The van der Waals surface area contributed by atoms with Gasteiger partial charge in [0.15, 0.2) is 0 Å². The third-order valence-corrected chi connectivity index (χ3v) is 2.77. The van der Waals surface area contributed by atoms with E-state index in [4.69, 9.17) is 5.41 Å². The molecule has 0 aliphatic heterocycles. The van der Waals surface area contributed by atoms with Gasteiger partial charge in [-0.1, -0.05) is 6.07 Å². The Morgan fingerprint density at radius 2 is 2.33 bits per heavy atom. The van der Waals surface area contributed by atoms with Gasteiger partial charge in [0.1, 0.15) is 0 Å². The zero-order valence-electron chi connectivity index (χ0n) is 9.11. The fourth-order valence-electron chi connectivity index (χ4n) is 1.67. The number of nitrogens with zero attached hydrogens (tertiary/aromatic N) is 2. The van der Waals surface area contributed by atoms with Crippen molar-refractivity contribution < 1.29 is 0 Å². The fourth-order valence-corrected chi connectivity index (χ4v) is 1.67. The van der Waals surface area contributed by atoms with E-state index in [1.54, 1.807) is 0 Å². The van der Waals surface area contributed by atoms with Gasteiger partial charge in [-0.15, -0.1) is 0 Å². The minimum absolute atomic E-state index is 0.522. The molecule has 0 spiro atoms. The molecule has 1 aromatic rings. The molecular weight excluding hydrogens is 186 g/mol. The van der Waals surface area contributed by atoms with Crippen LogP contribution in [0, 0.1) is 11.3 Å². The molecule has 1 aliphatic rings. The van der Waals surface area contributed by atoms with Gasteiger partial charge in [-0.2, -0.15) is 0 Å². The second-order valence-electron chi connectivity index (χ2n) is 3.99. The van der Waals surface area contributed by atoms with Gasteiger partial charge in [0.25, 0.3) is 0 Å². The predicted molar refractivity (Wildman–Crippen MR) is 60.8 cm³/mol. The Balaban J connectivity index is 1.98. The molecular formula is C12H17N3. The normalized spacial score (nSPS) is 15.0. The molecule has 0 aromatic carbocycles. The summed E-state index contributed by atoms with van der Waals surface area (Å²) < 4.78 is 0. The van der Waals surface area contributed by atoms with E-state index in [1.165, 1.54) is 12.8 Å². The first-order chi connectivity index (χ1) is 7.31. The van der Waals surface area contributed by atoms with Gasteiger partial charge in [-0.25, -0.2) is 0 Å². The summed E-state index contributed by atoms with van der Waals surface area (Å²) in [6.07, 6.45) is 4.19. The van der Waals surface area contributed by atoms with Gasteiger partial charge in [-0.05, 0) is 31.9 Å². The van der Waals surface area contributed by atoms with E-state index in [9.17, 15) is 0 Å². The van der Waals surface area contributed by atoms with Crippen molar-refractivity contribution in [2.24, 2.45) is 5.92 Å². The molecule has 3 nitrogen and oxygen atoms in total. The Kier molecular flexibility index (Phi) is 2.99. The van der Waals surface area contributed by atoms with Crippen LogP contribution in [0.25, 0.3) is 0 Å². The van der Waals surface area contributed by atoms with Crippen LogP contribution in [0.2, 0.25) is 0 Å². The topological polar surface area (TPSA) is 40.0 Å². The van der Waals surface area contributed by atoms with Crippen LogP contribution in [-0.2, 0) is 6.54 Å². The highest BCUT2D eigenvalue weighted by atomic mass is 15.2. The van der Waals surface area contributed by atoms with Crippen molar-refractivity contribution in [1.82, 2.24) is 9.88 Å². The van der Waals surface area contributed by atoms with E-state index >= 15 is 0 Å². The monoisotopic (exact) mass is 203 g/mol. The third-order valence-electron chi connectivity index (χ3n) is 2.77. The lowest BCUT2D eigenvalue weighted by atomic mass is 10.3. The molecule has 0 unspecified atom stereocenters. The van der Waals surface area contributed by atoms with E-state index in [2.05, 4.69) is 16.8 Å². The van der Waals surface area contributed by atoms with Crippen molar-refractivity contribution in [2.75, 3.05) is 6.54 Å². The van der Waals surface area contributed by atoms with Crippen molar-refractivity contribution in [3.63, 3.8) is 0 Å². The first-order valence-corrected chi connectivity index (χ1v) is 5.54. The second kappa shape index (κ2) is 4.43. The summed E-state index contributed by atoms with van der Waals surface area (Å²) in [6.45, 7) is 3.76. The highest BCUT2D eigenvalue weighted by Gasteiger charge is 2.29. The molecule has 1 heterocycles. The van der Waals surface area contributed by atoms with Crippen molar-refractivity contribution in [3.05, 3.63) is 30.1 Å². The summed E-state index contributed by atoms with van der Waals surface area (Å²) in [5, 5.41) is 8.01. The molecule has 15 heavy (non-hydrogen) atoms. The van der Waals surface area contributed by atoms with Gasteiger partial charge < -0.3 is 4.90 Å². The lowest BCUT2D eigenvalue weighted by molar-refractivity contribution is 0.414. The molecule has 1 saturated carbocycles. The van der Waals surface area contributed by atoms with Crippen LogP contribution < -0.4 is 0 Å². The molecule has 0 amide bonds. The van der Waals surface area contributed by atoms with Crippen LogP contribution in [0.3, 0.4) is 0 Å².